The lowest BCUT2D eigenvalue weighted by atomic mass is 9.93. The Hall–Kier alpha value is -1.55. The third-order valence-electron chi connectivity index (χ3n) is 3.70. The van der Waals surface area contributed by atoms with E-state index in [-0.39, 0.29) is 0 Å². The predicted molar refractivity (Wildman–Crippen MR) is 69.1 cm³/mol. The van der Waals surface area contributed by atoms with E-state index in [0.29, 0.717) is 6.04 Å². The van der Waals surface area contributed by atoms with Gasteiger partial charge in [0.25, 0.3) is 0 Å². The second-order valence-corrected chi connectivity index (χ2v) is 4.75. The average molecular weight is 245 g/mol. The van der Waals surface area contributed by atoms with Crippen LogP contribution >= 0.6 is 0 Å². The molecule has 3 rings (SSSR count). The van der Waals surface area contributed by atoms with Gasteiger partial charge in [-0.25, -0.2) is 4.98 Å². The van der Waals surface area contributed by atoms with E-state index in [1.807, 2.05) is 12.4 Å². The SMILES string of the molecule is CCn1ccnc1CNC1CCCc2occc21. The maximum Gasteiger partial charge on any atom is 0.122 e. The van der Waals surface area contributed by atoms with Crippen LogP contribution in [0, 0.1) is 0 Å². The molecule has 96 valence electrons. The van der Waals surface area contributed by atoms with Gasteiger partial charge in [-0.15, -0.1) is 0 Å². The fourth-order valence-corrected chi connectivity index (χ4v) is 2.71. The lowest BCUT2D eigenvalue weighted by Crippen LogP contribution is -2.25. The Morgan fingerprint density at radius 2 is 2.50 bits per heavy atom. The summed E-state index contributed by atoms with van der Waals surface area (Å²) < 4.78 is 7.68. The molecule has 1 atom stereocenters. The van der Waals surface area contributed by atoms with E-state index in [1.54, 1.807) is 6.26 Å². The average Bonchev–Trinajstić information content (AvgIpc) is 3.04. The Bertz CT molecular complexity index is 515. The minimum Gasteiger partial charge on any atom is -0.469 e. The smallest absolute Gasteiger partial charge is 0.122 e. The van der Waals surface area contributed by atoms with E-state index in [0.717, 1.165) is 31.1 Å². The number of aryl methyl sites for hydroxylation is 2. The normalized spacial score (nSPS) is 18.8. The molecule has 0 saturated carbocycles. The highest BCUT2D eigenvalue weighted by atomic mass is 16.3. The molecule has 1 aliphatic carbocycles. The summed E-state index contributed by atoms with van der Waals surface area (Å²) in [7, 11) is 0. The summed E-state index contributed by atoms with van der Waals surface area (Å²) in [4.78, 5) is 4.39. The van der Waals surface area contributed by atoms with Gasteiger partial charge < -0.3 is 14.3 Å². The molecule has 4 heteroatoms. The van der Waals surface area contributed by atoms with E-state index in [9.17, 15) is 0 Å². The Kier molecular flexibility index (Phi) is 3.19. The minimum absolute atomic E-state index is 0.412. The monoisotopic (exact) mass is 245 g/mol. The first-order valence-electron chi connectivity index (χ1n) is 6.68. The number of hydrogen-bond donors (Lipinski definition) is 1. The number of nitrogens with zero attached hydrogens (tertiary/aromatic N) is 2. The van der Waals surface area contributed by atoms with Gasteiger partial charge in [-0.1, -0.05) is 0 Å². The molecule has 0 amide bonds. The quantitative estimate of drug-likeness (QED) is 0.900. The third kappa shape index (κ3) is 2.08. The molecule has 0 aliphatic heterocycles. The van der Waals surface area contributed by atoms with Gasteiger partial charge in [0.1, 0.15) is 11.6 Å². The van der Waals surface area contributed by atoms with Crippen molar-refractivity contribution in [1.29, 1.82) is 0 Å². The summed E-state index contributed by atoms with van der Waals surface area (Å²) in [5.74, 6) is 2.26. The van der Waals surface area contributed by atoms with Crippen LogP contribution in [-0.2, 0) is 19.5 Å². The molecule has 4 nitrogen and oxygen atoms in total. The first kappa shape index (κ1) is 11.5. The van der Waals surface area contributed by atoms with Crippen molar-refractivity contribution in [2.45, 2.75) is 45.3 Å². The molecule has 0 saturated heterocycles. The molecule has 0 bridgehead atoms. The van der Waals surface area contributed by atoms with Gasteiger partial charge in [-0.3, -0.25) is 0 Å². The van der Waals surface area contributed by atoms with Gasteiger partial charge in [0.15, 0.2) is 0 Å². The molecule has 1 N–H and O–H groups in total. The molecule has 0 fully saturated rings. The zero-order valence-corrected chi connectivity index (χ0v) is 10.7. The Balaban J connectivity index is 1.68. The molecule has 0 radical (unpaired) electrons. The van der Waals surface area contributed by atoms with Gasteiger partial charge in [0.2, 0.25) is 0 Å². The fraction of sp³-hybridized carbons (Fsp3) is 0.500. The minimum atomic E-state index is 0.412. The molecule has 2 heterocycles. The molecule has 0 spiro atoms. The van der Waals surface area contributed by atoms with Crippen LogP contribution in [0.4, 0.5) is 0 Å². The first-order valence-corrected chi connectivity index (χ1v) is 6.68. The van der Waals surface area contributed by atoms with Crippen molar-refractivity contribution in [2.24, 2.45) is 0 Å². The zero-order valence-electron chi connectivity index (χ0n) is 10.7. The first-order chi connectivity index (χ1) is 8.88. The van der Waals surface area contributed by atoms with Gasteiger partial charge >= 0.3 is 0 Å². The van der Waals surface area contributed by atoms with Crippen molar-refractivity contribution in [1.82, 2.24) is 14.9 Å². The standard InChI is InChI=1S/C14H19N3O/c1-2-17-8-7-15-14(17)10-16-12-4-3-5-13-11(12)6-9-18-13/h6-9,12,16H,2-5,10H2,1H3. The van der Waals surface area contributed by atoms with Crippen LogP contribution in [0.1, 0.15) is 43.0 Å². The highest BCUT2D eigenvalue weighted by Gasteiger charge is 2.22. The third-order valence-corrected chi connectivity index (χ3v) is 3.70. The van der Waals surface area contributed by atoms with Gasteiger partial charge in [-0.2, -0.15) is 0 Å². The van der Waals surface area contributed by atoms with Crippen molar-refractivity contribution in [3.05, 3.63) is 41.9 Å². The largest absolute Gasteiger partial charge is 0.469 e. The number of imidazole rings is 1. The highest BCUT2D eigenvalue weighted by molar-refractivity contribution is 5.24. The Labute approximate surface area is 107 Å². The molecular formula is C14H19N3O. The van der Waals surface area contributed by atoms with E-state index >= 15 is 0 Å². The summed E-state index contributed by atoms with van der Waals surface area (Å²) >= 11 is 0. The van der Waals surface area contributed by atoms with Crippen LogP contribution < -0.4 is 5.32 Å². The van der Waals surface area contributed by atoms with Crippen LogP contribution in [-0.4, -0.2) is 9.55 Å². The fourth-order valence-electron chi connectivity index (χ4n) is 2.71. The number of fused-ring (bicyclic) bond motifs is 1. The van der Waals surface area contributed by atoms with E-state index in [2.05, 4.69) is 27.9 Å². The van der Waals surface area contributed by atoms with Crippen LogP contribution in [0.3, 0.4) is 0 Å². The predicted octanol–water partition coefficient (Wildman–Crippen LogP) is 2.66. The zero-order chi connectivity index (χ0) is 12.4. The molecule has 18 heavy (non-hydrogen) atoms. The summed E-state index contributed by atoms with van der Waals surface area (Å²) in [5.41, 5.74) is 1.33. The number of furan rings is 1. The number of rotatable bonds is 4. The van der Waals surface area contributed by atoms with Crippen molar-refractivity contribution < 1.29 is 4.42 Å². The van der Waals surface area contributed by atoms with Crippen molar-refractivity contribution in [3.63, 3.8) is 0 Å². The van der Waals surface area contributed by atoms with Crippen molar-refractivity contribution >= 4 is 0 Å². The molecule has 1 aliphatic rings. The second-order valence-electron chi connectivity index (χ2n) is 4.75. The second kappa shape index (κ2) is 4.98. The van der Waals surface area contributed by atoms with Crippen LogP contribution in [0.2, 0.25) is 0 Å². The van der Waals surface area contributed by atoms with Crippen LogP contribution in [0.15, 0.2) is 29.1 Å². The van der Waals surface area contributed by atoms with Gasteiger partial charge in [0, 0.05) is 37.0 Å². The molecule has 0 aromatic carbocycles. The maximum atomic E-state index is 5.51. The summed E-state index contributed by atoms with van der Waals surface area (Å²) in [6.07, 6.45) is 9.15. The van der Waals surface area contributed by atoms with Gasteiger partial charge in [0.05, 0.1) is 12.8 Å². The molecule has 2 aromatic rings. The number of aromatic nitrogens is 2. The van der Waals surface area contributed by atoms with Crippen LogP contribution in [0.25, 0.3) is 0 Å². The summed E-state index contributed by atoms with van der Waals surface area (Å²) in [5, 5.41) is 3.60. The van der Waals surface area contributed by atoms with Crippen LogP contribution in [0.5, 0.6) is 0 Å². The van der Waals surface area contributed by atoms with Gasteiger partial charge in [-0.05, 0) is 25.8 Å². The van der Waals surface area contributed by atoms with E-state index in [4.69, 9.17) is 4.42 Å². The lowest BCUT2D eigenvalue weighted by molar-refractivity contribution is 0.405. The number of hydrogen-bond acceptors (Lipinski definition) is 3. The molecular weight excluding hydrogens is 226 g/mol. The van der Waals surface area contributed by atoms with E-state index < -0.39 is 0 Å². The summed E-state index contributed by atoms with van der Waals surface area (Å²) in [6, 6.07) is 2.51. The topological polar surface area (TPSA) is 43.0 Å². The molecule has 1 unspecified atom stereocenters. The van der Waals surface area contributed by atoms with E-state index in [1.165, 1.54) is 18.4 Å². The Morgan fingerprint density at radius 1 is 1.56 bits per heavy atom. The maximum absolute atomic E-state index is 5.51. The highest BCUT2D eigenvalue weighted by Crippen LogP contribution is 2.30. The Morgan fingerprint density at radius 3 is 3.39 bits per heavy atom. The lowest BCUT2D eigenvalue weighted by Gasteiger charge is -2.22. The van der Waals surface area contributed by atoms with Crippen molar-refractivity contribution in [3.8, 4) is 0 Å². The molecule has 2 aromatic heterocycles. The number of nitrogens with one attached hydrogen (secondary N) is 1. The van der Waals surface area contributed by atoms with Crippen molar-refractivity contribution in [2.75, 3.05) is 0 Å². The summed E-state index contributed by atoms with van der Waals surface area (Å²) in [6.45, 7) is 3.93.